The minimum Gasteiger partial charge on any atom is -0.308 e. The van der Waals surface area contributed by atoms with Gasteiger partial charge in [-0.2, -0.15) is 5.10 Å². The largest absolute Gasteiger partial charge is 0.308 e. The fraction of sp³-hybridized carbons (Fsp3) is 0.214. The lowest BCUT2D eigenvalue weighted by atomic mass is 9.95. The average Bonchev–Trinajstić information content (AvgIpc) is 2.49. The second-order valence-corrected chi connectivity index (χ2v) is 4.70. The fourth-order valence-electron chi connectivity index (χ4n) is 2.27. The Balaban J connectivity index is 1.70. The van der Waals surface area contributed by atoms with Gasteiger partial charge in [0.05, 0.1) is 6.04 Å². The van der Waals surface area contributed by atoms with Gasteiger partial charge in [0.2, 0.25) is 5.91 Å². The summed E-state index contributed by atoms with van der Waals surface area (Å²) in [4.78, 5) is 23.1. The molecule has 1 aliphatic heterocycles. The second-order valence-electron chi connectivity index (χ2n) is 4.70. The molecule has 3 rings (SSSR count). The van der Waals surface area contributed by atoms with Gasteiger partial charge < -0.3 is 10.6 Å². The lowest BCUT2D eigenvalue weighted by Crippen LogP contribution is -2.44. The van der Waals surface area contributed by atoms with Crippen LogP contribution in [0.2, 0.25) is 0 Å². The first-order chi connectivity index (χ1) is 9.72. The minimum atomic E-state index is -0.298. The van der Waals surface area contributed by atoms with Crippen molar-refractivity contribution >= 4 is 11.7 Å². The smallest absolute Gasteiger partial charge is 0.264 e. The molecule has 1 aliphatic rings. The summed E-state index contributed by atoms with van der Waals surface area (Å²) in [5.74, 6) is 0.189. The molecule has 20 heavy (non-hydrogen) atoms. The molecule has 3 N–H and O–H groups in total. The summed E-state index contributed by atoms with van der Waals surface area (Å²) in [7, 11) is 0. The quantitative estimate of drug-likeness (QED) is 0.738. The molecule has 0 radical (unpaired) electrons. The number of amides is 1. The molecule has 1 atom stereocenters. The molecule has 0 bridgehead atoms. The van der Waals surface area contributed by atoms with Crippen molar-refractivity contribution in [2.75, 3.05) is 5.32 Å². The maximum Gasteiger partial charge on any atom is 0.264 e. The fourth-order valence-corrected chi connectivity index (χ4v) is 2.27. The highest BCUT2D eigenvalue weighted by atomic mass is 16.2. The molecule has 1 amide bonds. The van der Waals surface area contributed by atoms with Crippen LogP contribution >= 0.6 is 0 Å². The van der Waals surface area contributed by atoms with Crippen LogP contribution in [0.5, 0.6) is 0 Å². The van der Waals surface area contributed by atoms with Crippen LogP contribution in [0.1, 0.15) is 11.1 Å². The van der Waals surface area contributed by atoms with E-state index in [0.29, 0.717) is 18.8 Å². The Labute approximate surface area is 115 Å². The van der Waals surface area contributed by atoms with E-state index in [9.17, 15) is 9.59 Å². The summed E-state index contributed by atoms with van der Waals surface area (Å²) in [5, 5.41) is 11.9. The standard InChI is InChI=1S/C14H14N4O2/c19-13-6-5-12(17-18-13)16-14(20)11-7-9-3-1-2-4-10(9)8-15-11/h1-6,11,15H,7-8H2,(H,18,19)(H,16,17,20). The highest BCUT2D eigenvalue weighted by Gasteiger charge is 2.24. The van der Waals surface area contributed by atoms with Gasteiger partial charge in [-0.15, -0.1) is 0 Å². The van der Waals surface area contributed by atoms with Crippen molar-refractivity contribution in [3.05, 3.63) is 57.9 Å². The Morgan fingerprint density at radius 1 is 1.20 bits per heavy atom. The molecule has 0 saturated carbocycles. The number of aromatic nitrogens is 2. The van der Waals surface area contributed by atoms with E-state index in [1.54, 1.807) is 0 Å². The second kappa shape index (κ2) is 5.26. The van der Waals surface area contributed by atoms with Gasteiger partial charge in [0.15, 0.2) is 5.82 Å². The van der Waals surface area contributed by atoms with Crippen LogP contribution in [0.3, 0.4) is 0 Å². The molecular weight excluding hydrogens is 256 g/mol. The molecule has 2 heterocycles. The van der Waals surface area contributed by atoms with Gasteiger partial charge in [-0.1, -0.05) is 24.3 Å². The number of nitrogens with zero attached hydrogens (tertiary/aromatic N) is 1. The number of benzene rings is 1. The zero-order chi connectivity index (χ0) is 13.9. The van der Waals surface area contributed by atoms with Gasteiger partial charge in [0.1, 0.15) is 0 Å². The maximum atomic E-state index is 12.2. The SMILES string of the molecule is O=C(Nc1ccc(=O)[nH]n1)C1Cc2ccccc2CN1. The highest BCUT2D eigenvalue weighted by Crippen LogP contribution is 2.16. The number of hydrogen-bond acceptors (Lipinski definition) is 4. The predicted octanol–water partition coefficient (Wildman–Crippen LogP) is 0.423. The third-order valence-electron chi connectivity index (χ3n) is 3.33. The molecule has 6 nitrogen and oxygen atoms in total. The first-order valence-corrected chi connectivity index (χ1v) is 6.39. The van der Waals surface area contributed by atoms with E-state index in [1.165, 1.54) is 23.3 Å². The molecule has 102 valence electrons. The van der Waals surface area contributed by atoms with E-state index < -0.39 is 0 Å². The van der Waals surface area contributed by atoms with Crippen LogP contribution in [0.4, 0.5) is 5.82 Å². The van der Waals surface area contributed by atoms with Crippen molar-refractivity contribution in [2.45, 2.75) is 19.0 Å². The third-order valence-corrected chi connectivity index (χ3v) is 3.33. The molecule has 1 unspecified atom stereocenters. The third kappa shape index (κ3) is 2.60. The number of carbonyl (C=O) groups is 1. The van der Waals surface area contributed by atoms with E-state index in [0.717, 1.165) is 0 Å². The molecule has 0 saturated heterocycles. The summed E-state index contributed by atoms with van der Waals surface area (Å²) in [5.41, 5.74) is 2.10. The Morgan fingerprint density at radius 2 is 2.00 bits per heavy atom. The molecule has 1 aromatic heterocycles. The van der Waals surface area contributed by atoms with Crippen LogP contribution in [0.25, 0.3) is 0 Å². The van der Waals surface area contributed by atoms with Crippen molar-refractivity contribution in [3.63, 3.8) is 0 Å². The monoisotopic (exact) mass is 270 g/mol. The average molecular weight is 270 g/mol. The maximum absolute atomic E-state index is 12.2. The number of nitrogens with one attached hydrogen (secondary N) is 3. The van der Waals surface area contributed by atoms with Gasteiger partial charge in [0, 0.05) is 12.6 Å². The normalized spacial score (nSPS) is 17.3. The lowest BCUT2D eigenvalue weighted by molar-refractivity contribution is -0.118. The highest BCUT2D eigenvalue weighted by molar-refractivity contribution is 5.94. The van der Waals surface area contributed by atoms with Gasteiger partial charge >= 0.3 is 0 Å². The first-order valence-electron chi connectivity index (χ1n) is 6.39. The Morgan fingerprint density at radius 3 is 2.75 bits per heavy atom. The summed E-state index contributed by atoms with van der Waals surface area (Å²) >= 11 is 0. The summed E-state index contributed by atoms with van der Waals surface area (Å²) in [6.45, 7) is 0.674. The van der Waals surface area contributed by atoms with E-state index >= 15 is 0 Å². The first kappa shape index (κ1) is 12.6. The number of fused-ring (bicyclic) bond motifs is 1. The molecule has 0 fully saturated rings. The minimum absolute atomic E-state index is 0.154. The van der Waals surface area contributed by atoms with Crippen molar-refractivity contribution in [1.82, 2.24) is 15.5 Å². The number of carbonyl (C=O) groups excluding carboxylic acids is 1. The van der Waals surface area contributed by atoms with E-state index in [2.05, 4.69) is 26.9 Å². The Hall–Kier alpha value is -2.47. The summed E-state index contributed by atoms with van der Waals surface area (Å²) in [6, 6.07) is 10.6. The van der Waals surface area contributed by atoms with Crippen molar-refractivity contribution in [2.24, 2.45) is 0 Å². The van der Waals surface area contributed by atoms with Crippen LogP contribution in [-0.2, 0) is 17.8 Å². The number of rotatable bonds is 2. The molecular formula is C14H14N4O2. The van der Waals surface area contributed by atoms with Crippen molar-refractivity contribution < 1.29 is 4.79 Å². The summed E-state index contributed by atoms with van der Waals surface area (Å²) in [6.07, 6.45) is 0.644. The van der Waals surface area contributed by atoms with E-state index in [1.807, 2.05) is 18.2 Å². The number of H-pyrrole nitrogens is 1. The van der Waals surface area contributed by atoms with Gasteiger partial charge in [-0.05, 0) is 23.6 Å². The molecule has 0 aliphatic carbocycles. The van der Waals surface area contributed by atoms with Crippen molar-refractivity contribution in [1.29, 1.82) is 0 Å². The van der Waals surface area contributed by atoms with Crippen LogP contribution in [-0.4, -0.2) is 22.1 Å². The Kier molecular flexibility index (Phi) is 3.30. The van der Waals surface area contributed by atoms with Crippen molar-refractivity contribution in [3.8, 4) is 0 Å². The predicted molar refractivity (Wildman–Crippen MR) is 74.3 cm³/mol. The molecule has 0 spiro atoms. The number of aromatic amines is 1. The Bertz CT molecular complexity index is 675. The molecule has 1 aromatic carbocycles. The summed E-state index contributed by atoms with van der Waals surface area (Å²) < 4.78 is 0. The lowest BCUT2D eigenvalue weighted by Gasteiger charge is -2.25. The van der Waals surface area contributed by atoms with E-state index in [4.69, 9.17) is 0 Å². The number of hydrogen-bond donors (Lipinski definition) is 3. The number of anilines is 1. The van der Waals surface area contributed by atoms with Crippen LogP contribution < -0.4 is 16.2 Å². The zero-order valence-electron chi connectivity index (χ0n) is 10.7. The molecule has 2 aromatic rings. The van der Waals surface area contributed by atoms with Gasteiger partial charge in [-0.3, -0.25) is 9.59 Å². The zero-order valence-corrected chi connectivity index (χ0v) is 10.7. The topological polar surface area (TPSA) is 86.9 Å². The van der Waals surface area contributed by atoms with Gasteiger partial charge in [-0.25, -0.2) is 5.10 Å². The molecule has 6 heteroatoms. The van der Waals surface area contributed by atoms with Crippen LogP contribution in [0.15, 0.2) is 41.2 Å². The van der Waals surface area contributed by atoms with Gasteiger partial charge in [0.25, 0.3) is 5.56 Å². The van der Waals surface area contributed by atoms with Crippen LogP contribution in [0, 0.1) is 0 Å². The van der Waals surface area contributed by atoms with E-state index in [-0.39, 0.29) is 17.5 Å².